The van der Waals surface area contributed by atoms with Gasteiger partial charge in [0.15, 0.2) is 17.2 Å². The number of methoxy groups -OCH3 is 1. The molecule has 0 spiro atoms. The molecule has 0 bridgehead atoms. The topological polar surface area (TPSA) is 137 Å². The number of benzene rings is 2. The van der Waals surface area contributed by atoms with Crippen molar-refractivity contribution in [3.8, 4) is 21.9 Å². The molecule has 2 aromatic carbocycles. The predicted octanol–water partition coefficient (Wildman–Crippen LogP) is 5.70. The number of piperidine rings is 1. The molecule has 4 rings (SSSR count). The highest BCUT2D eigenvalue weighted by molar-refractivity contribution is 9.10. The Morgan fingerprint density at radius 1 is 1.08 bits per heavy atom. The van der Waals surface area contributed by atoms with Crippen LogP contribution in [0.25, 0.3) is 10.4 Å². The summed E-state index contributed by atoms with van der Waals surface area (Å²) < 4.78 is 10.8. The van der Waals surface area contributed by atoms with Gasteiger partial charge in [0, 0.05) is 31.0 Å². The van der Waals surface area contributed by atoms with Gasteiger partial charge in [-0.15, -0.1) is 11.3 Å². The van der Waals surface area contributed by atoms with Crippen molar-refractivity contribution in [1.82, 2.24) is 4.90 Å². The average molecular weight is 619 g/mol. The number of aliphatic carboxylic acids is 1. The lowest BCUT2D eigenvalue weighted by Crippen LogP contribution is -2.42. The fourth-order valence-electron chi connectivity index (χ4n) is 4.23. The number of halogens is 1. The van der Waals surface area contributed by atoms with E-state index < -0.39 is 18.5 Å². The summed E-state index contributed by atoms with van der Waals surface area (Å²) in [7, 11) is 1.60. The van der Waals surface area contributed by atoms with Crippen molar-refractivity contribution in [2.75, 3.05) is 44.0 Å². The number of hydrogen-bond acceptors (Lipinski definition) is 7. The smallest absolute Gasteiger partial charge is 0.349 e. The van der Waals surface area contributed by atoms with E-state index in [0.29, 0.717) is 28.4 Å². The van der Waals surface area contributed by atoms with Gasteiger partial charge in [-0.3, -0.25) is 0 Å². The molecule has 39 heavy (non-hydrogen) atoms. The third kappa shape index (κ3) is 7.21. The van der Waals surface area contributed by atoms with Crippen LogP contribution in [0.15, 0.2) is 53.0 Å². The SMILES string of the molecule is COc1ccc(NC(=O)N2CCC(CNc3cccc(-c4sc(C(=O)O)c(OCC(=O)O)c4Br)c3)CC2)cc1. The molecule has 0 saturated carbocycles. The van der Waals surface area contributed by atoms with Gasteiger partial charge in [-0.05, 0) is 76.7 Å². The number of likely N-dealkylation sites (tertiary alicyclic amines) is 1. The zero-order chi connectivity index (χ0) is 27.9. The van der Waals surface area contributed by atoms with Crippen LogP contribution in [-0.2, 0) is 4.79 Å². The summed E-state index contributed by atoms with van der Waals surface area (Å²) in [5, 5.41) is 24.9. The first-order chi connectivity index (χ1) is 18.7. The maximum atomic E-state index is 12.6. The Bertz CT molecular complexity index is 1340. The number of urea groups is 1. The second-order valence-electron chi connectivity index (χ2n) is 8.94. The van der Waals surface area contributed by atoms with Crippen LogP contribution in [0.1, 0.15) is 22.5 Å². The van der Waals surface area contributed by atoms with Crippen molar-refractivity contribution in [1.29, 1.82) is 0 Å². The van der Waals surface area contributed by atoms with E-state index in [-0.39, 0.29) is 16.7 Å². The quantitative estimate of drug-likeness (QED) is 0.227. The van der Waals surface area contributed by atoms with Crippen molar-refractivity contribution >= 4 is 56.6 Å². The summed E-state index contributed by atoms with van der Waals surface area (Å²) in [5.41, 5.74) is 2.37. The molecular weight excluding hydrogens is 590 g/mol. The molecule has 0 radical (unpaired) electrons. The van der Waals surface area contributed by atoms with Gasteiger partial charge in [0.05, 0.1) is 16.5 Å². The van der Waals surface area contributed by atoms with Gasteiger partial charge in [-0.1, -0.05) is 12.1 Å². The number of amides is 2. The molecule has 0 unspecified atom stereocenters. The van der Waals surface area contributed by atoms with Gasteiger partial charge < -0.3 is 35.2 Å². The Labute approximate surface area is 237 Å². The fraction of sp³-hybridized carbons (Fsp3) is 0.296. The molecular formula is C27H28BrN3O7S. The molecule has 1 aliphatic rings. The number of carboxylic acid groups (broad SMARTS) is 2. The van der Waals surface area contributed by atoms with E-state index in [1.54, 1.807) is 19.2 Å². The minimum atomic E-state index is -1.19. The highest BCUT2D eigenvalue weighted by atomic mass is 79.9. The zero-order valence-corrected chi connectivity index (χ0v) is 23.5. The minimum Gasteiger partial charge on any atom is -0.497 e. The van der Waals surface area contributed by atoms with E-state index in [0.717, 1.165) is 53.4 Å². The predicted molar refractivity (Wildman–Crippen MR) is 152 cm³/mol. The van der Waals surface area contributed by atoms with Gasteiger partial charge in [0.2, 0.25) is 0 Å². The second-order valence-corrected chi connectivity index (χ2v) is 10.8. The van der Waals surface area contributed by atoms with Crippen LogP contribution < -0.4 is 20.1 Å². The van der Waals surface area contributed by atoms with Crippen LogP contribution in [0.2, 0.25) is 0 Å². The Morgan fingerprint density at radius 3 is 2.44 bits per heavy atom. The van der Waals surface area contributed by atoms with Gasteiger partial charge in [0.1, 0.15) is 5.75 Å². The van der Waals surface area contributed by atoms with Gasteiger partial charge in [0.25, 0.3) is 0 Å². The number of thiophene rings is 1. The van der Waals surface area contributed by atoms with E-state index in [9.17, 15) is 19.5 Å². The maximum absolute atomic E-state index is 12.6. The Kier molecular flexibility index (Phi) is 9.31. The number of anilines is 2. The first-order valence-corrected chi connectivity index (χ1v) is 13.8. The van der Waals surface area contributed by atoms with Crippen LogP contribution in [-0.4, -0.2) is 66.4 Å². The minimum absolute atomic E-state index is 0.00560. The molecule has 1 aromatic heterocycles. The van der Waals surface area contributed by atoms with Gasteiger partial charge in [-0.25, -0.2) is 14.4 Å². The van der Waals surface area contributed by atoms with Crippen LogP contribution in [0.3, 0.4) is 0 Å². The number of carbonyl (C=O) groups excluding carboxylic acids is 1. The molecule has 206 valence electrons. The summed E-state index contributed by atoms with van der Waals surface area (Å²) in [6, 6.07) is 14.7. The van der Waals surface area contributed by atoms with E-state index in [1.165, 1.54) is 0 Å². The molecule has 2 heterocycles. The molecule has 12 heteroatoms. The van der Waals surface area contributed by atoms with E-state index >= 15 is 0 Å². The normalized spacial score (nSPS) is 13.5. The highest BCUT2D eigenvalue weighted by Crippen LogP contribution is 2.46. The number of aromatic carboxylic acids is 1. The molecule has 1 aliphatic heterocycles. The highest BCUT2D eigenvalue weighted by Gasteiger charge is 2.25. The summed E-state index contributed by atoms with van der Waals surface area (Å²) in [5.74, 6) is -1.26. The summed E-state index contributed by atoms with van der Waals surface area (Å²) in [6.45, 7) is 1.41. The molecule has 3 aromatic rings. The number of ether oxygens (including phenoxy) is 2. The summed E-state index contributed by atoms with van der Waals surface area (Å²) in [6.07, 6.45) is 1.73. The fourth-order valence-corrected chi connectivity index (χ4v) is 6.12. The number of carbonyl (C=O) groups is 3. The van der Waals surface area contributed by atoms with E-state index in [4.69, 9.17) is 14.6 Å². The number of carboxylic acids is 2. The number of rotatable bonds is 10. The number of nitrogens with one attached hydrogen (secondary N) is 2. The monoisotopic (exact) mass is 617 g/mol. The van der Waals surface area contributed by atoms with E-state index in [1.807, 2.05) is 41.3 Å². The lowest BCUT2D eigenvalue weighted by Gasteiger charge is -2.32. The third-order valence-corrected chi connectivity index (χ3v) is 8.53. The van der Waals surface area contributed by atoms with Gasteiger partial charge >= 0.3 is 18.0 Å². The lowest BCUT2D eigenvalue weighted by molar-refractivity contribution is -0.139. The molecule has 1 saturated heterocycles. The zero-order valence-electron chi connectivity index (χ0n) is 21.1. The first kappa shape index (κ1) is 28.2. The third-order valence-electron chi connectivity index (χ3n) is 6.31. The Hall–Kier alpha value is -3.77. The molecule has 2 amide bonds. The van der Waals surface area contributed by atoms with Crippen molar-refractivity contribution in [3.63, 3.8) is 0 Å². The van der Waals surface area contributed by atoms with Crippen LogP contribution >= 0.6 is 27.3 Å². The van der Waals surface area contributed by atoms with Crippen LogP contribution in [0.4, 0.5) is 16.2 Å². The standard InChI is InChI=1S/C27H28BrN3O7S/c1-37-20-7-5-18(6-8-20)30-27(36)31-11-9-16(10-12-31)14-29-19-4-2-3-17(13-19)24-22(28)23(38-15-21(32)33)25(39-24)26(34)35/h2-8,13,16,29H,9-12,14-15H2,1H3,(H,30,36)(H,32,33)(H,34,35). The molecule has 1 fully saturated rings. The second kappa shape index (κ2) is 12.9. The average Bonchev–Trinajstić information content (AvgIpc) is 3.27. The van der Waals surface area contributed by atoms with Gasteiger partial charge in [-0.2, -0.15) is 0 Å². The Balaban J connectivity index is 1.33. The first-order valence-electron chi connectivity index (χ1n) is 12.2. The van der Waals surface area contributed by atoms with Crippen molar-refractivity contribution in [2.24, 2.45) is 5.92 Å². The molecule has 10 nitrogen and oxygen atoms in total. The van der Waals surface area contributed by atoms with Crippen molar-refractivity contribution in [2.45, 2.75) is 12.8 Å². The lowest BCUT2D eigenvalue weighted by atomic mass is 9.97. The van der Waals surface area contributed by atoms with Crippen LogP contribution in [0, 0.1) is 5.92 Å². The molecule has 0 atom stereocenters. The summed E-state index contributed by atoms with van der Waals surface area (Å²) in [4.78, 5) is 37.6. The number of nitrogens with zero attached hydrogens (tertiary/aromatic N) is 1. The summed E-state index contributed by atoms with van der Waals surface area (Å²) >= 11 is 4.41. The largest absolute Gasteiger partial charge is 0.497 e. The van der Waals surface area contributed by atoms with E-state index in [2.05, 4.69) is 26.6 Å². The van der Waals surface area contributed by atoms with Crippen molar-refractivity contribution < 1.29 is 34.1 Å². The molecule has 0 aliphatic carbocycles. The Morgan fingerprint density at radius 2 is 1.79 bits per heavy atom. The molecule has 4 N–H and O–H groups in total. The maximum Gasteiger partial charge on any atom is 0.349 e. The number of hydrogen-bond donors (Lipinski definition) is 4. The van der Waals surface area contributed by atoms with Crippen LogP contribution in [0.5, 0.6) is 11.5 Å². The van der Waals surface area contributed by atoms with Crippen molar-refractivity contribution in [3.05, 3.63) is 57.9 Å².